The summed E-state index contributed by atoms with van der Waals surface area (Å²) in [6.45, 7) is 2.53. The molecule has 5 heteroatoms. The maximum absolute atomic E-state index is 5.19. The van der Waals surface area contributed by atoms with Crippen molar-refractivity contribution in [3.05, 3.63) is 9.33 Å². The van der Waals surface area contributed by atoms with Gasteiger partial charge in [0.25, 0.3) is 5.88 Å². The van der Waals surface area contributed by atoms with E-state index < -0.39 is 0 Å². The SMILES string of the molecule is CCOc1noc(CBr)c1I. The van der Waals surface area contributed by atoms with Crippen LogP contribution in [0.1, 0.15) is 12.7 Å². The molecule has 3 nitrogen and oxygen atoms in total. The van der Waals surface area contributed by atoms with E-state index in [-0.39, 0.29) is 0 Å². The largest absolute Gasteiger partial charge is 0.475 e. The summed E-state index contributed by atoms with van der Waals surface area (Å²) >= 11 is 5.43. The Kier molecular flexibility index (Phi) is 3.64. The van der Waals surface area contributed by atoms with Gasteiger partial charge in [-0.1, -0.05) is 15.9 Å². The van der Waals surface area contributed by atoms with Crippen LogP contribution < -0.4 is 4.74 Å². The lowest BCUT2D eigenvalue weighted by Crippen LogP contribution is -1.92. The minimum atomic E-state index is 0.586. The van der Waals surface area contributed by atoms with Crippen LogP contribution in [0, 0.1) is 3.57 Å². The fraction of sp³-hybridized carbons (Fsp3) is 0.500. The quantitative estimate of drug-likeness (QED) is 0.631. The predicted octanol–water partition coefficient (Wildman–Crippen LogP) is 2.57. The molecule has 0 bridgehead atoms. The summed E-state index contributed by atoms with van der Waals surface area (Å²) < 4.78 is 11.1. The third-order valence-electron chi connectivity index (χ3n) is 1.07. The van der Waals surface area contributed by atoms with Gasteiger partial charge in [-0.05, 0) is 34.7 Å². The second-order valence-corrected chi connectivity index (χ2v) is 3.43. The lowest BCUT2D eigenvalue weighted by Gasteiger charge is -1.94. The fourth-order valence-corrected chi connectivity index (χ4v) is 2.06. The van der Waals surface area contributed by atoms with Crippen LogP contribution in [0.15, 0.2) is 4.52 Å². The van der Waals surface area contributed by atoms with Gasteiger partial charge in [0.2, 0.25) is 0 Å². The van der Waals surface area contributed by atoms with Crippen LogP contribution in [-0.4, -0.2) is 11.8 Å². The Morgan fingerprint density at radius 1 is 1.73 bits per heavy atom. The molecule has 0 unspecified atom stereocenters. The number of aromatic nitrogens is 1. The summed E-state index contributed by atoms with van der Waals surface area (Å²) in [5.74, 6) is 1.40. The summed E-state index contributed by atoms with van der Waals surface area (Å²) in [5, 5.41) is 4.41. The molecule has 1 heterocycles. The average molecular weight is 332 g/mol. The van der Waals surface area contributed by atoms with E-state index in [2.05, 4.69) is 43.7 Å². The Labute approximate surface area is 86.7 Å². The molecule has 11 heavy (non-hydrogen) atoms. The molecule has 62 valence electrons. The zero-order valence-corrected chi connectivity index (χ0v) is 9.68. The van der Waals surface area contributed by atoms with Crippen molar-refractivity contribution in [1.82, 2.24) is 5.16 Å². The van der Waals surface area contributed by atoms with Crippen molar-refractivity contribution in [2.45, 2.75) is 12.3 Å². The third kappa shape index (κ3) is 2.08. The predicted molar refractivity (Wildman–Crippen MR) is 53.0 cm³/mol. The Hall–Kier alpha value is 0.220. The average Bonchev–Trinajstić information content (AvgIpc) is 2.34. The molecule has 0 aliphatic carbocycles. The molecule has 0 fully saturated rings. The van der Waals surface area contributed by atoms with Crippen molar-refractivity contribution < 1.29 is 9.26 Å². The first-order chi connectivity index (χ1) is 5.29. The Balaban J connectivity index is 2.82. The molecule has 0 radical (unpaired) electrons. The highest BCUT2D eigenvalue weighted by Crippen LogP contribution is 2.24. The normalized spacial score (nSPS) is 10.1. The maximum Gasteiger partial charge on any atom is 0.268 e. The molecule has 0 amide bonds. The highest BCUT2D eigenvalue weighted by Gasteiger charge is 2.12. The van der Waals surface area contributed by atoms with Crippen molar-refractivity contribution in [2.24, 2.45) is 0 Å². The monoisotopic (exact) mass is 331 g/mol. The van der Waals surface area contributed by atoms with E-state index in [1.807, 2.05) is 6.92 Å². The lowest BCUT2D eigenvalue weighted by atomic mass is 10.5. The highest BCUT2D eigenvalue weighted by molar-refractivity contribution is 14.1. The van der Waals surface area contributed by atoms with Crippen molar-refractivity contribution in [1.29, 1.82) is 0 Å². The van der Waals surface area contributed by atoms with Crippen LogP contribution in [0.5, 0.6) is 5.88 Å². The zero-order valence-electron chi connectivity index (χ0n) is 5.93. The summed E-state index contributed by atoms with van der Waals surface area (Å²) in [7, 11) is 0. The van der Waals surface area contributed by atoms with Gasteiger partial charge in [0.1, 0.15) is 3.57 Å². The van der Waals surface area contributed by atoms with E-state index in [1.165, 1.54) is 0 Å². The van der Waals surface area contributed by atoms with E-state index in [0.29, 0.717) is 17.8 Å². The number of ether oxygens (including phenoxy) is 1. The molecule has 1 aromatic heterocycles. The second-order valence-electron chi connectivity index (χ2n) is 1.79. The number of halogens is 2. The van der Waals surface area contributed by atoms with Crippen LogP contribution >= 0.6 is 38.5 Å². The van der Waals surface area contributed by atoms with E-state index in [9.17, 15) is 0 Å². The van der Waals surface area contributed by atoms with Crippen LogP contribution in [0.4, 0.5) is 0 Å². The van der Waals surface area contributed by atoms with Gasteiger partial charge in [-0.2, -0.15) is 0 Å². The first kappa shape index (κ1) is 9.31. The molecular formula is C6H7BrINO2. The minimum absolute atomic E-state index is 0.586. The fourth-order valence-electron chi connectivity index (χ4n) is 0.605. The topological polar surface area (TPSA) is 35.3 Å². The lowest BCUT2D eigenvalue weighted by molar-refractivity contribution is 0.290. The van der Waals surface area contributed by atoms with Crippen molar-refractivity contribution >= 4 is 38.5 Å². The van der Waals surface area contributed by atoms with E-state index in [1.54, 1.807) is 0 Å². The van der Waals surface area contributed by atoms with Crippen molar-refractivity contribution in [3.8, 4) is 5.88 Å². The smallest absolute Gasteiger partial charge is 0.268 e. The van der Waals surface area contributed by atoms with Crippen LogP contribution in [0.25, 0.3) is 0 Å². The Morgan fingerprint density at radius 2 is 2.45 bits per heavy atom. The first-order valence-corrected chi connectivity index (χ1v) is 5.32. The summed E-state index contributed by atoms with van der Waals surface area (Å²) in [5.41, 5.74) is 0. The van der Waals surface area contributed by atoms with Gasteiger partial charge in [-0.25, -0.2) is 0 Å². The molecule has 0 N–H and O–H groups in total. The van der Waals surface area contributed by atoms with Gasteiger partial charge in [0.15, 0.2) is 5.76 Å². The van der Waals surface area contributed by atoms with Crippen LogP contribution in [0.3, 0.4) is 0 Å². The van der Waals surface area contributed by atoms with E-state index in [0.717, 1.165) is 9.33 Å². The molecule has 0 aromatic carbocycles. The number of hydrogen-bond donors (Lipinski definition) is 0. The number of rotatable bonds is 3. The highest BCUT2D eigenvalue weighted by atomic mass is 127. The molecule has 1 rings (SSSR count). The Morgan fingerprint density at radius 3 is 2.91 bits per heavy atom. The third-order valence-corrected chi connectivity index (χ3v) is 2.65. The number of hydrogen-bond acceptors (Lipinski definition) is 3. The zero-order chi connectivity index (χ0) is 8.27. The molecule has 0 atom stereocenters. The Bertz CT molecular complexity index is 238. The van der Waals surface area contributed by atoms with Crippen LogP contribution in [-0.2, 0) is 5.33 Å². The summed E-state index contributed by atoms with van der Waals surface area (Å²) in [6.07, 6.45) is 0. The first-order valence-electron chi connectivity index (χ1n) is 3.12. The summed E-state index contributed by atoms with van der Waals surface area (Å²) in [6, 6.07) is 0. The molecule has 1 aromatic rings. The molecule has 0 saturated heterocycles. The van der Waals surface area contributed by atoms with E-state index >= 15 is 0 Å². The van der Waals surface area contributed by atoms with Gasteiger partial charge in [0, 0.05) is 0 Å². The molecule has 0 aliphatic heterocycles. The maximum atomic E-state index is 5.19. The van der Waals surface area contributed by atoms with Gasteiger partial charge in [0.05, 0.1) is 11.9 Å². The molecular weight excluding hydrogens is 325 g/mol. The minimum Gasteiger partial charge on any atom is -0.475 e. The van der Waals surface area contributed by atoms with E-state index in [4.69, 9.17) is 9.26 Å². The van der Waals surface area contributed by atoms with Gasteiger partial charge in [-0.15, -0.1) is 0 Å². The van der Waals surface area contributed by atoms with Gasteiger partial charge < -0.3 is 9.26 Å². The van der Waals surface area contributed by atoms with Gasteiger partial charge >= 0.3 is 0 Å². The molecule has 0 spiro atoms. The summed E-state index contributed by atoms with van der Waals surface area (Å²) in [4.78, 5) is 0. The van der Waals surface area contributed by atoms with Crippen LogP contribution in [0.2, 0.25) is 0 Å². The number of alkyl halides is 1. The van der Waals surface area contributed by atoms with Crippen molar-refractivity contribution in [3.63, 3.8) is 0 Å². The standard InChI is InChI=1S/C6H7BrINO2/c1-2-10-6-5(8)4(3-7)11-9-6/h2-3H2,1H3. The molecule has 0 aliphatic rings. The van der Waals surface area contributed by atoms with Gasteiger partial charge in [-0.3, -0.25) is 0 Å². The molecule has 0 saturated carbocycles. The second kappa shape index (κ2) is 4.30. The number of nitrogens with zero attached hydrogens (tertiary/aromatic N) is 1. The van der Waals surface area contributed by atoms with Crippen molar-refractivity contribution in [2.75, 3.05) is 6.61 Å².